The van der Waals surface area contributed by atoms with E-state index in [1.807, 2.05) is 12.1 Å². The number of rotatable bonds is 9. The van der Waals surface area contributed by atoms with Crippen LogP contribution in [-0.2, 0) is 22.4 Å². The SMILES string of the molecule is C=C(C)C(=O)Oc1ccc(-c2cc(CCC)c(OC(=O)C(=C)C)c(CCC)c2)cc1. The third kappa shape index (κ3) is 5.93. The second-order valence-corrected chi connectivity index (χ2v) is 7.49. The predicted octanol–water partition coefficient (Wildman–Crippen LogP) is 6.22. The van der Waals surface area contributed by atoms with Gasteiger partial charge >= 0.3 is 11.9 Å². The molecule has 0 heterocycles. The summed E-state index contributed by atoms with van der Waals surface area (Å²) in [6.07, 6.45) is 3.47. The molecule has 0 radical (unpaired) electrons. The number of ether oxygens (including phenoxy) is 2. The van der Waals surface area contributed by atoms with E-state index in [-0.39, 0.29) is 0 Å². The van der Waals surface area contributed by atoms with E-state index in [0.29, 0.717) is 22.6 Å². The zero-order chi connectivity index (χ0) is 22.3. The smallest absolute Gasteiger partial charge is 0.338 e. The Kier molecular flexibility index (Phi) is 8.16. The number of hydrogen-bond acceptors (Lipinski definition) is 4. The summed E-state index contributed by atoms with van der Waals surface area (Å²) >= 11 is 0. The summed E-state index contributed by atoms with van der Waals surface area (Å²) in [5.41, 5.74) is 4.78. The van der Waals surface area contributed by atoms with Crippen molar-refractivity contribution >= 4 is 11.9 Å². The van der Waals surface area contributed by atoms with E-state index in [1.54, 1.807) is 26.0 Å². The van der Waals surface area contributed by atoms with E-state index in [4.69, 9.17) is 9.47 Å². The molecule has 0 bridgehead atoms. The van der Waals surface area contributed by atoms with Gasteiger partial charge in [-0.25, -0.2) is 9.59 Å². The fraction of sp³-hybridized carbons (Fsp3) is 0.308. The van der Waals surface area contributed by atoms with Gasteiger partial charge in [-0.2, -0.15) is 0 Å². The Morgan fingerprint density at radius 1 is 0.767 bits per heavy atom. The van der Waals surface area contributed by atoms with Crippen LogP contribution in [0.25, 0.3) is 11.1 Å². The van der Waals surface area contributed by atoms with Crippen LogP contribution in [0.1, 0.15) is 51.7 Å². The average Bonchev–Trinajstić information content (AvgIpc) is 2.70. The molecule has 0 atom stereocenters. The first-order valence-electron chi connectivity index (χ1n) is 10.3. The Balaban J connectivity index is 2.45. The molecule has 0 spiro atoms. The van der Waals surface area contributed by atoms with E-state index in [1.165, 1.54) is 0 Å². The van der Waals surface area contributed by atoms with Crippen molar-refractivity contribution in [2.24, 2.45) is 0 Å². The minimum absolute atomic E-state index is 0.354. The van der Waals surface area contributed by atoms with Crippen molar-refractivity contribution < 1.29 is 19.1 Å². The van der Waals surface area contributed by atoms with Crippen LogP contribution in [0.4, 0.5) is 0 Å². The first-order chi connectivity index (χ1) is 14.3. The Morgan fingerprint density at radius 2 is 1.23 bits per heavy atom. The van der Waals surface area contributed by atoms with E-state index in [9.17, 15) is 9.59 Å². The van der Waals surface area contributed by atoms with Gasteiger partial charge < -0.3 is 9.47 Å². The normalized spacial score (nSPS) is 10.4. The number of hydrogen-bond donors (Lipinski definition) is 0. The quantitative estimate of drug-likeness (QED) is 0.282. The summed E-state index contributed by atoms with van der Waals surface area (Å²) in [5, 5.41) is 0. The van der Waals surface area contributed by atoms with Gasteiger partial charge in [0.05, 0.1) is 0 Å². The highest BCUT2D eigenvalue weighted by Crippen LogP contribution is 2.34. The topological polar surface area (TPSA) is 52.6 Å². The van der Waals surface area contributed by atoms with Crippen molar-refractivity contribution in [3.63, 3.8) is 0 Å². The third-order valence-electron chi connectivity index (χ3n) is 4.57. The molecule has 4 nitrogen and oxygen atoms in total. The largest absolute Gasteiger partial charge is 0.423 e. The minimum atomic E-state index is -0.443. The Bertz CT molecular complexity index is 924. The van der Waals surface area contributed by atoms with Crippen LogP contribution >= 0.6 is 0 Å². The van der Waals surface area contributed by atoms with E-state index in [2.05, 4.69) is 39.1 Å². The molecular formula is C26H30O4. The van der Waals surface area contributed by atoms with Crippen LogP contribution in [0, 0.1) is 0 Å². The molecule has 30 heavy (non-hydrogen) atoms. The zero-order valence-electron chi connectivity index (χ0n) is 18.3. The molecule has 2 aromatic rings. The van der Waals surface area contributed by atoms with Crippen LogP contribution < -0.4 is 9.47 Å². The van der Waals surface area contributed by atoms with Gasteiger partial charge in [0.1, 0.15) is 11.5 Å². The molecular weight excluding hydrogens is 376 g/mol. The molecule has 0 aliphatic rings. The van der Waals surface area contributed by atoms with Crippen molar-refractivity contribution in [1.82, 2.24) is 0 Å². The van der Waals surface area contributed by atoms with Crippen LogP contribution in [0.2, 0.25) is 0 Å². The molecule has 0 aromatic heterocycles. The first kappa shape index (κ1) is 23.1. The van der Waals surface area contributed by atoms with Gasteiger partial charge in [-0.3, -0.25) is 0 Å². The zero-order valence-corrected chi connectivity index (χ0v) is 18.3. The molecule has 2 rings (SSSR count). The monoisotopic (exact) mass is 406 g/mol. The van der Waals surface area contributed by atoms with Crippen molar-refractivity contribution in [2.75, 3.05) is 0 Å². The maximum atomic E-state index is 12.2. The molecule has 4 heteroatoms. The third-order valence-corrected chi connectivity index (χ3v) is 4.57. The van der Waals surface area contributed by atoms with Gasteiger partial charge in [-0.05, 0) is 73.2 Å². The summed E-state index contributed by atoms with van der Waals surface area (Å²) < 4.78 is 11.0. The Morgan fingerprint density at radius 3 is 1.67 bits per heavy atom. The second kappa shape index (κ2) is 10.6. The Hall–Kier alpha value is -3.14. The molecule has 0 saturated carbocycles. The molecule has 158 valence electrons. The number of carbonyl (C=O) groups excluding carboxylic acids is 2. The molecule has 0 N–H and O–H groups in total. The maximum absolute atomic E-state index is 12.2. The minimum Gasteiger partial charge on any atom is -0.423 e. The van der Waals surface area contributed by atoms with Crippen molar-refractivity contribution in [2.45, 2.75) is 53.4 Å². The molecule has 0 unspecified atom stereocenters. The number of benzene rings is 2. The highest BCUT2D eigenvalue weighted by molar-refractivity contribution is 5.89. The Labute approximate surface area is 179 Å². The second-order valence-electron chi connectivity index (χ2n) is 7.49. The van der Waals surface area contributed by atoms with Gasteiger partial charge in [-0.1, -0.05) is 52.0 Å². The first-order valence-corrected chi connectivity index (χ1v) is 10.3. The summed E-state index contributed by atoms with van der Waals surface area (Å²) in [6, 6.07) is 11.5. The highest BCUT2D eigenvalue weighted by Gasteiger charge is 2.17. The number of carbonyl (C=O) groups is 2. The van der Waals surface area contributed by atoms with Crippen LogP contribution in [0.15, 0.2) is 60.7 Å². The van der Waals surface area contributed by atoms with Crippen LogP contribution in [0.3, 0.4) is 0 Å². The number of esters is 2. The van der Waals surface area contributed by atoms with Crippen molar-refractivity contribution in [1.29, 1.82) is 0 Å². The fourth-order valence-corrected chi connectivity index (χ4v) is 3.05. The van der Waals surface area contributed by atoms with E-state index >= 15 is 0 Å². The highest BCUT2D eigenvalue weighted by atomic mass is 16.5. The van der Waals surface area contributed by atoms with Gasteiger partial charge in [-0.15, -0.1) is 0 Å². The maximum Gasteiger partial charge on any atom is 0.338 e. The van der Waals surface area contributed by atoms with Crippen LogP contribution in [-0.4, -0.2) is 11.9 Å². The molecule has 0 fully saturated rings. The number of aryl methyl sites for hydroxylation is 2. The lowest BCUT2D eigenvalue weighted by Crippen LogP contribution is -2.12. The summed E-state index contributed by atoms with van der Waals surface area (Å²) in [5.74, 6) is 0.284. The summed E-state index contributed by atoms with van der Waals surface area (Å²) in [4.78, 5) is 23.9. The van der Waals surface area contributed by atoms with Gasteiger partial charge in [0.15, 0.2) is 0 Å². The molecule has 0 aliphatic carbocycles. The van der Waals surface area contributed by atoms with Crippen molar-refractivity contribution in [3.8, 4) is 22.6 Å². The van der Waals surface area contributed by atoms with E-state index < -0.39 is 11.9 Å². The summed E-state index contributed by atoms with van der Waals surface area (Å²) in [6.45, 7) is 14.7. The van der Waals surface area contributed by atoms with Crippen molar-refractivity contribution in [3.05, 3.63) is 71.8 Å². The molecule has 0 amide bonds. The fourth-order valence-electron chi connectivity index (χ4n) is 3.05. The molecule has 2 aromatic carbocycles. The van der Waals surface area contributed by atoms with Crippen LogP contribution in [0.5, 0.6) is 11.5 Å². The molecule has 0 saturated heterocycles. The lowest BCUT2D eigenvalue weighted by molar-refractivity contribution is -0.131. The predicted molar refractivity (Wildman–Crippen MR) is 121 cm³/mol. The standard InChI is InChI=1S/C26H30O4/c1-7-9-20-15-22(16-21(10-8-2)24(20)30-26(28)18(5)6)19-11-13-23(14-12-19)29-25(27)17(3)4/h11-16H,3,5,7-10H2,1-2,4,6H3. The average molecular weight is 407 g/mol. The van der Waals surface area contributed by atoms with Gasteiger partial charge in [0.25, 0.3) is 0 Å². The van der Waals surface area contributed by atoms with E-state index in [0.717, 1.165) is 47.9 Å². The lowest BCUT2D eigenvalue weighted by Gasteiger charge is -2.17. The lowest BCUT2D eigenvalue weighted by atomic mass is 9.94. The molecule has 0 aliphatic heterocycles. The van der Waals surface area contributed by atoms with Gasteiger partial charge in [0, 0.05) is 11.1 Å². The van der Waals surface area contributed by atoms with Gasteiger partial charge in [0.2, 0.25) is 0 Å². The summed E-state index contributed by atoms with van der Waals surface area (Å²) in [7, 11) is 0.